The molecule has 0 aliphatic carbocycles. The number of quaternary nitrogens is 1. The Bertz CT molecular complexity index is 1200. The summed E-state index contributed by atoms with van der Waals surface area (Å²) in [6, 6.07) is -0.757. The van der Waals surface area contributed by atoms with E-state index in [0.717, 1.165) is 38.5 Å². The number of unbranched alkanes of at least 4 members (excludes halogenated alkanes) is 46. The number of nitrogens with zero attached hydrogens (tertiary/aromatic N) is 1. The molecule has 0 aliphatic rings. The summed E-state index contributed by atoms with van der Waals surface area (Å²) in [6.45, 7) is 4.95. The molecule has 0 saturated carbocycles. The number of likely N-dealkylation sites (N-methyl/N-ethyl adjacent to an activating group) is 1. The molecule has 0 rings (SSSR count). The van der Waals surface area contributed by atoms with Crippen molar-refractivity contribution in [1.82, 2.24) is 5.32 Å². The van der Waals surface area contributed by atoms with Crippen LogP contribution >= 0.6 is 7.82 Å². The number of phosphoric acid groups is 1. The smallest absolute Gasteiger partial charge is 0.391 e. The lowest BCUT2D eigenvalue weighted by Gasteiger charge is -2.26. The van der Waals surface area contributed by atoms with Gasteiger partial charge in [-0.25, -0.2) is 4.57 Å². The van der Waals surface area contributed by atoms with Crippen LogP contribution in [0.3, 0.4) is 0 Å². The lowest BCUT2D eigenvalue weighted by atomic mass is 10.0. The number of hydrogen-bond donors (Lipinski definition) is 3. The van der Waals surface area contributed by atoms with E-state index >= 15 is 0 Å². The van der Waals surface area contributed by atoms with Crippen LogP contribution in [0.1, 0.15) is 341 Å². The number of amides is 1. The zero-order valence-corrected chi connectivity index (χ0v) is 50.8. The number of allylic oxidation sites excluding steroid dienone is 2. The van der Waals surface area contributed by atoms with E-state index in [4.69, 9.17) is 9.05 Å². The van der Waals surface area contributed by atoms with Gasteiger partial charge >= 0.3 is 7.82 Å². The van der Waals surface area contributed by atoms with Crippen molar-refractivity contribution >= 4 is 13.7 Å². The average molecular weight is 1050 g/mol. The molecule has 9 heteroatoms. The van der Waals surface area contributed by atoms with Gasteiger partial charge in [-0.2, -0.15) is 0 Å². The molecule has 0 aliphatic heterocycles. The highest BCUT2D eigenvalue weighted by molar-refractivity contribution is 7.47. The van der Waals surface area contributed by atoms with Crippen molar-refractivity contribution in [3.8, 4) is 0 Å². The van der Waals surface area contributed by atoms with Crippen LogP contribution in [0.4, 0.5) is 0 Å². The zero-order valence-electron chi connectivity index (χ0n) is 49.9. The summed E-state index contributed by atoms with van der Waals surface area (Å²) in [5, 5.41) is 14.1. The van der Waals surface area contributed by atoms with E-state index in [0.29, 0.717) is 23.9 Å². The highest BCUT2D eigenvalue weighted by atomic mass is 31.2. The Hall–Kier alpha value is -0.760. The molecule has 3 unspecified atom stereocenters. The molecule has 0 spiro atoms. The van der Waals surface area contributed by atoms with Gasteiger partial charge in [-0.3, -0.25) is 13.8 Å². The van der Waals surface area contributed by atoms with E-state index in [1.807, 2.05) is 21.1 Å². The Kier molecular flexibility index (Phi) is 55.4. The first kappa shape index (κ1) is 72.2. The quantitative estimate of drug-likeness (QED) is 0.0243. The van der Waals surface area contributed by atoms with Gasteiger partial charge in [0.15, 0.2) is 0 Å². The third-order valence-electron chi connectivity index (χ3n) is 15.3. The molecular weight excluding hydrogens is 924 g/mol. The lowest BCUT2D eigenvalue weighted by molar-refractivity contribution is -0.870. The molecule has 73 heavy (non-hydrogen) atoms. The Labute approximate surface area is 456 Å². The maximum Gasteiger partial charge on any atom is 0.472 e. The normalized spacial score (nSPS) is 13.8. The predicted molar refractivity (Wildman–Crippen MR) is 319 cm³/mol. The molecule has 0 aromatic rings. The van der Waals surface area contributed by atoms with Gasteiger partial charge in [0, 0.05) is 6.42 Å². The number of carbonyl (C=O) groups excluding carboxylic acids is 1. The van der Waals surface area contributed by atoms with Crippen LogP contribution in [-0.2, 0) is 18.4 Å². The fraction of sp³-hybridized carbons (Fsp3) is 0.953. The second-order valence-electron chi connectivity index (χ2n) is 23.9. The Morgan fingerprint density at radius 1 is 0.452 bits per heavy atom. The highest BCUT2D eigenvalue weighted by Crippen LogP contribution is 2.43. The van der Waals surface area contributed by atoms with Crippen LogP contribution in [0.2, 0.25) is 0 Å². The monoisotopic (exact) mass is 1050 g/mol. The minimum absolute atomic E-state index is 0.0782. The third kappa shape index (κ3) is 58.8. The van der Waals surface area contributed by atoms with Crippen molar-refractivity contribution < 1.29 is 32.9 Å². The average Bonchev–Trinajstić information content (AvgIpc) is 3.35. The fourth-order valence-electron chi connectivity index (χ4n) is 10.2. The number of hydrogen-bond acceptors (Lipinski definition) is 5. The van der Waals surface area contributed by atoms with E-state index in [1.165, 1.54) is 276 Å². The van der Waals surface area contributed by atoms with Crippen molar-refractivity contribution in [2.45, 2.75) is 353 Å². The molecule has 0 fully saturated rings. The number of carbonyl (C=O) groups is 1. The van der Waals surface area contributed by atoms with Gasteiger partial charge in [0.05, 0.1) is 39.9 Å². The molecule has 3 N–H and O–H groups in total. The van der Waals surface area contributed by atoms with Crippen LogP contribution < -0.4 is 5.32 Å². The Morgan fingerprint density at radius 2 is 0.740 bits per heavy atom. The van der Waals surface area contributed by atoms with Gasteiger partial charge < -0.3 is 19.8 Å². The third-order valence-corrected chi connectivity index (χ3v) is 16.2. The Morgan fingerprint density at radius 3 is 1.05 bits per heavy atom. The number of rotatable bonds is 61. The molecule has 0 bridgehead atoms. The highest BCUT2D eigenvalue weighted by Gasteiger charge is 2.28. The first-order valence-electron chi connectivity index (χ1n) is 32.6. The van der Waals surface area contributed by atoms with Crippen molar-refractivity contribution in [1.29, 1.82) is 0 Å². The van der Waals surface area contributed by atoms with Crippen LogP contribution in [0.15, 0.2) is 12.2 Å². The molecule has 0 saturated heterocycles. The maximum atomic E-state index is 13.0. The van der Waals surface area contributed by atoms with E-state index in [-0.39, 0.29) is 19.1 Å². The minimum atomic E-state index is -4.32. The molecule has 436 valence electrons. The molecule has 8 nitrogen and oxygen atoms in total. The zero-order chi connectivity index (χ0) is 53.5. The van der Waals surface area contributed by atoms with Crippen molar-refractivity contribution in [2.24, 2.45) is 0 Å². The summed E-state index contributed by atoms with van der Waals surface area (Å²) in [7, 11) is 1.64. The van der Waals surface area contributed by atoms with Gasteiger partial charge in [-0.1, -0.05) is 309 Å². The maximum absolute atomic E-state index is 13.0. The number of aliphatic hydroxyl groups excluding tert-OH is 1. The van der Waals surface area contributed by atoms with E-state index in [2.05, 4.69) is 31.3 Å². The van der Waals surface area contributed by atoms with E-state index in [9.17, 15) is 19.4 Å². The second-order valence-corrected chi connectivity index (χ2v) is 25.3. The van der Waals surface area contributed by atoms with Crippen molar-refractivity contribution in [3.63, 3.8) is 0 Å². The van der Waals surface area contributed by atoms with Crippen LogP contribution in [-0.4, -0.2) is 73.4 Å². The summed E-state index contributed by atoms with van der Waals surface area (Å²) in [4.78, 5) is 23.4. The number of aliphatic hydroxyl groups is 1. The van der Waals surface area contributed by atoms with Gasteiger partial charge in [-0.05, 0) is 38.5 Å². The van der Waals surface area contributed by atoms with Gasteiger partial charge in [0.1, 0.15) is 13.2 Å². The summed E-state index contributed by atoms with van der Waals surface area (Å²) in [5.41, 5.74) is 0. The summed E-state index contributed by atoms with van der Waals surface area (Å²) < 4.78 is 23.8. The van der Waals surface area contributed by atoms with Gasteiger partial charge in [0.25, 0.3) is 0 Å². The van der Waals surface area contributed by atoms with Gasteiger partial charge in [-0.15, -0.1) is 0 Å². The largest absolute Gasteiger partial charge is 0.472 e. The minimum Gasteiger partial charge on any atom is -0.391 e. The van der Waals surface area contributed by atoms with Crippen LogP contribution in [0.5, 0.6) is 0 Å². The lowest BCUT2D eigenvalue weighted by Crippen LogP contribution is -2.46. The summed E-state index contributed by atoms with van der Waals surface area (Å²) >= 11 is 0. The molecule has 3 atom stereocenters. The van der Waals surface area contributed by atoms with Crippen LogP contribution in [0.25, 0.3) is 0 Å². The number of nitrogens with one attached hydrogen (secondary N) is 1. The predicted octanol–water partition coefficient (Wildman–Crippen LogP) is 20.2. The molecule has 1 amide bonds. The van der Waals surface area contributed by atoms with Gasteiger partial charge in [0.2, 0.25) is 5.91 Å². The molecule has 0 radical (unpaired) electrons. The summed E-state index contributed by atoms with van der Waals surface area (Å²) in [5.74, 6) is -0.136. The number of phosphoric ester groups is 1. The SMILES string of the molecule is CCCCCCCCCC/C=C\CCCCCCCCCCCCCCCCCCCCCC(=O)NC(COP(=O)(O)OCC[N+](C)(C)C)C(O)CCCCCCCCCCCCCCCCCCCCCC. The standard InChI is InChI=1S/C64H129N2O6P/c1-6-8-10-12-14-16-18-20-22-24-26-28-29-30-31-32-33-34-35-36-37-38-40-42-44-46-48-50-52-54-56-58-64(68)65-62(61-72-73(69,70)71-60-59-66(3,4)5)63(67)57-55-53-51-49-47-45-43-41-39-27-25-23-21-19-17-15-13-11-9-7-2/h24,26,62-63,67H,6-23,25,27-61H2,1-5H3,(H-,65,68,69,70)/p+1/b26-24-. The Balaban J connectivity index is 4.01. The topological polar surface area (TPSA) is 105 Å². The first-order valence-corrected chi connectivity index (χ1v) is 34.0. The van der Waals surface area contributed by atoms with E-state index in [1.54, 1.807) is 0 Å². The molecule has 0 aromatic heterocycles. The van der Waals surface area contributed by atoms with Crippen molar-refractivity contribution in [2.75, 3.05) is 40.9 Å². The summed E-state index contributed by atoms with van der Waals surface area (Å²) in [6.07, 6.45) is 70.1. The first-order chi connectivity index (χ1) is 35.5. The van der Waals surface area contributed by atoms with Crippen molar-refractivity contribution in [3.05, 3.63) is 12.2 Å². The molecule has 0 heterocycles. The fourth-order valence-corrected chi connectivity index (χ4v) is 10.9. The van der Waals surface area contributed by atoms with Crippen LogP contribution in [0, 0.1) is 0 Å². The van der Waals surface area contributed by atoms with E-state index < -0.39 is 20.0 Å². The second kappa shape index (κ2) is 56.0. The molecule has 0 aromatic carbocycles. The molecular formula is C64H130N2O6P+.